The van der Waals surface area contributed by atoms with Crippen molar-refractivity contribution in [3.05, 3.63) is 46.6 Å². The summed E-state index contributed by atoms with van der Waals surface area (Å²) in [6, 6.07) is 3.47. The van der Waals surface area contributed by atoms with Crippen molar-refractivity contribution >= 4 is 11.6 Å². The van der Waals surface area contributed by atoms with Crippen molar-refractivity contribution in [2.75, 3.05) is 24.5 Å². The molecule has 1 unspecified atom stereocenters. The molecule has 0 aromatic carbocycles. The van der Waals surface area contributed by atoms with Gasteiger partial charge in [-0.25, -0.2) is 4.68 Å². The molecular weight excluding hydrogens is 330 g/mol. The van der Waals surface area contributed by atoms with Gasteiger partial charge in [0, 0.05) is 50.7 Å². The van der Waals surface area contributed by atoms with Crippen molar-refractivity contribution in [2.45, 2.75) is 32.7 Å². The fourth-order valence-electron chi connectivity index (χ4n) is 3.15. The summed E-state index contributed by atoms with van der Waals surface area (Å²) in [5.74, 6) is 0.328. The van der Waals surface area contributed by atoms with Gasteiger partial charge in [0.1, 0.15) is 0 Å². The Morgan fingerprint density at radius 1 is 1.38 bits per heavy atom. The van der Waals surface area contributed by atoms with E-state index < -0.39 is 0 Å². The van der Waals surface area contributed by atoms with Gasteiger partial charge in [0.2, 0.25) is 0 Å². The summed E-state index contributed by atoms with van der Waals surface area (Å²) in [5.41, 5.74) is 1.39. The van der Waals surface area contributed by atoms with Crippen LogP contribution in [0.5, 0.6) is 0 Å². The number of aromatic nitrogens is 3. The molecule has 1 amide bonds. The fourth-order valence-corrected chi connectivity index (χ4v) is 3.15. The van der Waals surface area contributed by atoms with Crippen LogP contribution in [0.2, 0.25) is 0 Å². The normalized spacial score (nSPS) is 17.5. The van der Waals surface area contributed by atoms with E-state index in [2.05, 4.69) is 36.1 Å². The molecule has 1 aliphatic heterocycles. The third kappa shape index (κ3) is 3.98. The van der Waals surface area contributed by atoms with E-state index in [1.54, 1.807) is 19.3 Å². The zero-order chi connectivity index (χ0) is 18.9. The second-order valence-corrected chi connectivity index (χ2v) is 7.96. The maximum atomic E-state index is 12.4. The third-order valence-corrected chi connectivity index (χ3v) is 4.89. The molecule has 2 aromatic heterocycles. The van der Waals surface area contributed by atoms with Crippen LogP contribution < -0.4 is 15.8 Å². The third-order valence-electron chi connectivity index (χ3n) is 4.89. The highest BCUT2D eigenvalue weighted by molar-refractivity contribution is 5.94. The molecular formula is C19H27N5O2. The van der Waals surface area contributed by atoms with Gasteiger partial charge in [-0.15, -0.1) is 0 Å². The molecule has 140 valence electrons. The molecule has 26 heavy (non-hydrogen) atoms. The van der Waals surface area contributed by atoms with E-state index in [-0.39, 0.29) is 17.0 Å². The van der Waals surface area contributed by atoms with Gasteiger partial charge in [-0.05, 0) is 39.2 Å². The first-order valence-corrected chi connectivity index (χ1v) is 8.99. The topological polar surface area (TPSA) is 72.2 Å². The minimum absolute atomic E-state index is 0.0364. The van der Waals surface area contributed by atoms with Gasteiger partial charge >= 0.3 is 0 Å². The maximum absolute atomic E-state index is 12.4. The number of anilines is 1. The smallest absolute Gasteiger partial charge is 0.268 e. The molecule has 0 bridgehead atoms. The predicted molar refractivity (Wildman–Crippen MR) is 102 cm³/mol. The van der Waals surface area contributed by atoms with Crippen molar-refractivity contribution < 1.29 is 4.79 Å². The van der Waals surface area contributed by atoms with Crippen molar-refractivity contribution in [2.24, 2.45) is 13.0 Å². The monoisotopic (exact) mass is 357 g/mol. The number of aryl methyl sites for hydroxylation is 1. The number of hydrogen-bond donors (Lipinski definition) is 1. The van der Waals surface area contributed by atoms with Gasteiger partial charge < -0.3 is 14.8 Å². The van der Waals surface area contributed by atoms with E-state index >= 15 is 0 Å². The highest BCUT2D eigenvalue weighted by atomic mass is 16.1. The van der Waals surface area contributed by atoms with Crippen molar-refractivity contribution in [1.29, 1.82) is 0 Å². The molecule has 7 heteroatoms. The molecule has 3 heterocycles. The largest absolute Gasteiger partial charge is 0.370 e. The quantitative estimate of drug-likeness (QED) is 0.902. The van der Waals surface area contributed by atoms with E-state index in [1.807, 2.05) is 23.0 Å². The van der Waals surface area contributed by atoms with E-state index in [0.29, 0.717) is 18.0 Å². The van der Waals surface area contributed by atoms with Gasteiger partial charge in [0.15, 0.2) is 0 Å². The summed E-state index contributed by atoms with van der Waals surface area (Å²) < 4.78 is 3.36. The Kier molecular flexibility index (Phi) is 4.89. The van der Waals surface area contributed by atoms with Gasteiger partial charge in [0.25, 0.3) is 11.5 Å². The minimum atomic E-state index is -0.109. The van der Waals surface area contributed by atoms with Crippen molar-refractivity contribution in [1.82, 2.24) is 19.7 Å². The first kappa shape index (κ1) is 18.2. The lowest BCUT2D eigenvalue weighted by molar-refractivity contribution is 0.0948. The molecule has 7 nitrogen and oxygen atoms in total. The van der Waals surface area contributed by atoms with Gasteiger partial charge in [-0.1, -0.05) is 0 Å². The molecule has 3 rings (SSSR count). The lowest BCUT2D eigenvalue weighted by atomic mass is 10.1. The number of nitrogens with zero attached hydrogens (tertiary/aromatic N) is 4. The number of hydrogen-bond acceptors (Lipinski definition) is 4. The highest BCUT2D eigenvalue weighted by Crippen LogP contribution is 2.22. The predicted octanol–water partition coefficient (Wildman–Crippen LogP) is 1.59. The Hall–Kier alpha value is -2.57. The Labute approximate surface area is 153 Å². The maximum Gasteiger partial charge on any atom is 0.268 e. The van der Waals surface area contributed by atoms with Gasteiger partial charge in [0.05, 0.1) is 17.4 Å². The minimum Gasteiger partial charge on any atom is -0.370 e. The van der Waals surface area contributed by atoms with Crippen LogP contribution in [0.15, 0.2) is 35.5 Å². The van der Waals surface area contributed by atoms with Crippen LogP contribution in [0.1, 0.15) is 37.6 Å². The first-order chi connectivity index (χ1) is 12.2. The zero-order valence-electron chi connectivity index (χ0n) is 15.9. The van der Waals surface area contributed by atoms with Crippen molar-refractivity contribution in [3.63, 3.8) is 0 Å². The van der Waals surface area contributed by atoms with Gasteiger partial charge in [-0.3, -0.25) is 9.59 Å². The van der Waals surface area contributed by atoms with Crippen molar-refractivity contribution in [3.8, 4) is 0 Å². The van der Waals surface area contributed by atoms with Crippen LogP contribution in [-0.2, 0) is 12.6 Å². The fraction of sp³-hybridized carbons (Fsp3) is 0.526. The molecule has 2 aromatic rings. The van der Waals surface area contributed by atoms with E-state index in [4.69, 9.17) is 0 Å². The van der Waals surface area contributed by atoms with E-state index in [1.165, 1.54) is 4.68 Å². The van der Waals surface area contributed by atoms with Crippen LogP contribution in [-0.4, -0.2) is 39.9 Å². The second-order valence-electron chi connectivity index (χ2n) is 7.96. The van der Waals surface area contributed by atoms with Crippen LogP contribution in [0.3, 0.4) is 0 Å². The zero-order valence-corrected chi connectivity index (χ0v) is 15.9. The van der Waals surface area contributed by atoms with Crippen LogP contribution in [0, 0.1) is 5.92 Å². The Morgan fingerprint density at radius 2 is 2.15 bits per heavy atom. The molecule has 1 N–H and O–H groups in total. The summed E-state index contributed by atoms with van der Waals surface area (Å²) in [7, 11) is 1.64. The molecule has 1 fully saturated rings. The van der Waals surface area contributed by atoms with Crippen LogP contribution in [0.25, 0.3) is 0 Å². The standard InChI is InChI=1S/C19H27N5O2/c1-19(2,3)24-8-6-15(13-24)18(26)20-10-14-5-7-23(12-14)16-9-17(25)22(4)21-11-16/h6,8-9,11,13-14H,5,7,10,12H2,1-4H3,(H,20,26). The van der Waals surface area contributed by atoms with Gasteiger partial charge in [-0.2, -0.15) is 5.10 Å². The average molecular weight is 357 g/mol. The van der Waals surface area contributed by atoms with E-state index in [0.717, 1.165) is 25.2 Å². The van der Waals surface area contributed by atoms with Crippen LogP contribution in [0.4, 0.5) is 5.69 Å². The summed E-state index contributed by atoms with van der Waals surface area (Å²) in [5, 5.41) is 7.11. The molecule has 1 atom stereocenters. The summed E-state index contributed by atoms with van der Waals surface area (Å²) in [4.78, 5) is 26.3. The molecule has 0 aliphatic carbocycles. The van der Waals surface area contributed by atoms with E-state index in [9.17, 15) is 9.59 Å². The highest BCUT2D eigenvalue weighted by Gasteiger charge is 2.24. The summed E-state index contributed by atoms with van der Waals surface area (Å²) in [6.45, 7) is 8.64. The Bertz CT molecular complexity index is 846. The Balaban J connectivity index is 1.54. The molecule has 0 saturated carbocycles. The van der Waals surface area contributed by atoms with Crippen LogP contribution >= 0.6 is 0 Å². The lowest BCUT2D eigenvalue weighted by Crippen LogP contribution is -2.31. The molecule has 0 radical (unpaired) electrons. The number of nitrogens with one attached hydrogen (secondary N) is 1. The SMILES string of the molecule is Cn1ncc(N2CCC(CNC(=O)c3ccn(C(C)(C)C)c3)C2)cc1=O. The molecule has 1 aliphatic rings. The number of carbonyl (C=O) groups excluding carboxylic acids is 1. The number of amides is 1. The lowest BCUT2D eigenvalue weighted by Gasteiger charge is -2.20. The number of carbonyl (C=O) groups is 1. The molecule has 1 saturated heterocycles. The summed E-state index contributed by atoms with van der Waals surface area (Å²) in [6.07, 6.45) is 6.53. The molecule has 0 spiro atoms. The Morgan fingerprint density at radius 3 is 2.81 bits per heavy atom. The second kappa shape index (κ2) is 6.97. The average Bonchev–Trinajstić information content (AvgIpc) is 3.24. The number of rotatable bonds is 4. The first-order valence-electron chi connectivity index (χ1n) is 8.99. The summed E-state index contributed by atoms with van der Waals surface area (Å²) >= 11 is 0.